The maximum absolute atomic E-state index is 3.45. The Bertz CT molecular complexity index is 193. The molecule has 1 N–H and O–H groups in total. The number of allylic oxidation sites excluding steroid dienone is 4. The summed E-state index contributed by atoms with van der Waals surface area (Å²) in [7, 11) is 0. The van der Waals surface area contributed by atoms with Crippen LogP contribution >= 0.6 is 0 Å². The van der Waals surface area contributed by atoms with E-state index in [4.69, 9.17) is 0 Å². The molecule has 13 heavy (non-hydrogen) atoms. The van der Waals surface area contributed by atoms with Gasteiger partial charge in [0.1, 0.15) is 0 Å². The Labute approximate surface area is 82.9 Å². The lowest BCUT2D eigenvalue weighted by Gasteiger charge is -2.16. The quantitative estimate of drug-likeness (QED) is 0.655. The van der Waals surface area contributed by atoms with Crippen LogP contribution in [0.5, 0.6) is 0 Å². The third kappa shape index (κ3) is 6.44. The molecule has 0 atom stereocenters. The molecule has 0 radical (unpaired) electrons. The van der Waals surface area contributed by atoms with Gasteiger partial charge in [0.15, 0.2) is 0 Å². The molecule has 0 spiro atoms. The summed E-state index contributed by atoms with van der Waals surface area (Å²) in [6, 6.07) is 0.513. The minimum atomic E-state index is 0.513. The molecular formula is C12H23N. The van der Waals surface area contributed by atoms with Gasteiger partial charge in [-0.15, -0.1) is 0 Å². The second-order valence-electron chi connectivity index (χ2n) is 4.32. The van der Waals surface area contributed by atoms with Crippen LogP contribution in [-0.4, -0.2) is 6.04 Å². The van der Waals surface area contributed by atoms with Gasteiger partial charge in [-0.2, -0.15) is 0 Å². The zero-order valence-electron chi connectivity index (χ0n) is 9.81. The monoisotopic (exact) mass is 181 g/mol. The molecule has 0 aromatic carbocycles. The second-order valence-corrected chi connectivity index (χ2v) is 4.32. The molecule has 0 aromatic heterocycles. The fourth-order valence-electron chi connectivity index (χ4n) is 0.997. The summed E-state index contributed by atoms with van der Waals surface area (Å²) in [6.07, 6.45) is 4.34. The summed E-state index contributed by atoms with van der Waals surface area (Å²) >= 11 is 0. The van der Waals surface area contributed by atoms with E-state index in [1.807, 2.05) is 0 Å². The average molecular weight is 181 g/mol. The SMILES string of the molecule is CC(C)=C/C=C(/NC(C)C)C(C)C. The van der Waals surface area contributed by atoms with Crippen molar-refractivity contribution in [1.82, 2.24) is 5.32 Å². The molecule has 0 rings (SSSR count). The summed E-state index contributed by atoms with van der Waals surface area (Å²) in [6.45, 7) is 13.0. The molecule has 0 bridgehead atoms. The van der Waals surface area contributed by atoms with Crippen LogP contribution in [0, 0.1) is 5.92 Å². The Hall–Kier alpha value is -0.720. The Morgan fingerprint density at radius 3 is 1.85 bits per heavy atom. The van der Waals surface area contributed by atoms with Crippen LogP contribution in [0.25, 0.3) is 0 Å². The van der Waals surface area contributed by atoms with E-state index in [1.54, 1.807) is 0 Å². The van der Waals surface area contributed by atoms with Crippen molar-refractivity contribution in [2.45, 2.75) is 47.6 Å². The van der Waals surface area contributed by atoms with Crippen molar-refractivity contribution in [2.24, 2.45) is 5.92 Å². The van der Waals surface area contributed by atoms with E-state index in [0.29, 0.717) is 12.0 Å². The summed E-state index contributed by atoms with van der Waals surface area (Å²) in [5.74, 6) is 0.568. The standard InChI is InChI=1S/C12H23N/c1-9(2)7-8-12(10(3)4)13-11(5)6/h7-8,10-11,13H,1-6H3/b12-8+. The molecule has 0 amide bonds. The van der Waals surface area contributed by atoms with Crippen molar-refractivity contribution in [1.29, 1.82) is 0 Å². The predicted molar refractivity (Wildman–Crippen MR) is 60.6 cm³/mol. The maximum Gasteiger partial charge on any atom is 0.0201 e. The molecule has 0 aliphatic carbocycles. The second kappa shape index (κ2) is 5.85. The highest BCUT2D eigenvalue weighted by Crippen LogP contribution is 2.07. The molecule has 0 heterocycles. The molecule has 1 nitrogen and oxygen atoms in total. The highest BCUT2D eigenvalue weighted by molar-refractivity contribution is 5.16. The highest BCUT2D eigenvalue weighted by atomic mass is 14.9. The number of hydrogen-bond donors (Lipinski definition) is 1. The van der Waals surface area contributed by atoms with E-state index < -0.39 is 0 Å². The maximum atomic E-state index is 3.45. The molecule has 76 valence electrons. The van der Waals surface area contributed by atoms with Crippen molar-refractivity contribution >= 4 is 0 Å². The van der Waals surface area contributed by atoms with E-state index in [1.165, 1.54) is 11.3 Å². The molecular weight excluding hydrogens is 158 g/mol. The molecule has 0 saturated heterocycles. The summed E-state index contributed by atoms with van der Waals surface area (Å²) in [5.41, 5.74) is 2.65. The first-order chi connectivity index (χ1) is 5.93. The van der Waals surface area contributed by atoms with Crippen LogP contribution in [0.15, 0.2) is 23.4 Å². The van der Waals surface area contributed by atoms with Crippen LogP contribution in [0.2, 0.25) is 0 Å². The van der Waals surface area contributed by atoms with Crippen molar-refractivity contribution in [3.05, 3.63) is 23.4 Å². The number of hydrogen-bond acceptors (Lipinski definition) is 1. The summed E-state index contributed by atoms with van der Waals surface area (Å²) < 4.78 is 0. The smallest absolute Gasteiger partial charge is 0.0201 e. The largest absolute Gasteiger partial charge is 0.386 e. The topological polar surface area (TPSA) is 12.0 Å². The van der Waals surface area contributed by atoms with E-state index in [9.17, 15) is 0 Å². The third-order valence-corrected chi connectivity index (χ3v) is 1.67. The van der Waals surface area contributed by atoms with Crippen molar-refractivity contribution < 1.29 is 0 Å². The van der Waals surface area contributed by atoms with Crippen LogP contribution < -0.4 is 5.32 Å². The van der Waals surface area contributed by atoms with Crippen molar-refractivity contribution in [2.75, 3.05) is 0 Å². The van der Waals surface area contributed by atoms with E-state index in [2.05, 4.69) is 59.0 Å². The minimum absolute atomic E-state index is 0.513. The minimum Gasteiger partial charge on any atom is -0.386 e. The molecule has 0 saturated carbocycles. The third-order valence-electron chi connectivity index (χ3n) is 1.67. The van der Waals surface area contributed by atoms with Gasteiger partial charge in [-0.3, -0.25) is 0 Å². The van der Waals surface area contributed by atoms with Gasteiger partial charge < -0.3 is 5.32 Å². The van der Waals surface area contributed by atoms with Crippen molar-refractivity contribution in [3.8, 4) is 0 Å². The van der Waals surface area contributed by atoms with Crippen LogP contribution in [0.4, 0.5) is 0 Å². The van der Waals surface area contributed by atoms with Gasteiger partial charge in [-0.05, 0) is 39.7 Å². The molecule has 0 aliphatic heterocycles. The summed E-state index contributed by atoms with van der Waals surface area (Å²) in [5, 5.41) is 3.45. The van der Waals surface area contributed by atoms with Gasteiger partial charge in [-0.25, -0.2) is 0 Å². The molecule has 0 unspecified atom stereocenters. The highest BCUT2D eigenvalue weighted by Gasteiger charge is 2.02. The average Bonchev–Trinajstić information content (AvgIpc) is 1.96. The van der Waals surface area contributed by atoms with Gasteiger partial charge in [0.25, 0.3) is 0 Å². The van der Waals surface area contributed by atoms with Crippen LogP contribution in [0.1, 0.15) is 41.5 Å². The summed E-state index contributed by atoms with van der Waals surface area (Å²) in [4.78, 5) is 0. The Morgan fingerprint density at radius 1 is 1.00 bits per heavy atom. The number of nitrogens with one attached hydrogen (secondary N) is 1. The lowest BCUT2D eigenvalue weighted by molar-refractivity contribution is 0.589. The van der Waals surface area contributed by atoms with E-state index in [-0.39, 0.29) is 0 Å². The fourth-order valence-corrected chi connectivity index (χ4v) is 0.997. The fraction of sp³-hybridized carbons (Fsp3) is 0.667. The lowest BCUT2D eigenvalue weighted by Crippen LogP contribution is -2.24. The van der Waals surface area contributed by atoms with Gasteiger partial charge in [0, 0.05) is 11.7 Å². The Kier molecular flexibility index (Phi) is 5.52. The van der Waals surface area contributed by atoms with Gasteiger partial charge >= 0.3 is 0 Å². The first-order valence-corrected chi connectivity index (χ1v) is 5.05. The van der Waals surface area contributed by atoms with E-state index >= 15 is 0 Å². The first kappa shape index (κ1) is 12.3. The van der Waals surface area contributed by atoms with Gasteiger partial charge in [-0.1, -0.05) is 25.5 Å². The van der Waals surface area contributed by atoms with Crippen LogP contribution in [0.3, 0.4) is 0 Å². The normalized spacial score (nSPS) is 12.2. The number of rotatable bonds is 4. The molecule has 0 fully saturated rings. The van der Waals surface area contributed by atoms with Gasteiger partial charge in [0.2, 0.25) is 0 Å². The first-order valence-electron chi connectivity index (χ1n) is 5.05. The molecule has 0 aromatic rings. The Morgan fingerprint density at radius 2 is 1.54 bits per heavy atom. The van der Waals surface area contributed by atoms with Crippen molar-refractivity contribution in [3.63, 3.8) is 0 Å². The lowest BCUT2D eigenvalue weighted by atomic mass is 10.1. The van der Waals surface area contributed by atoms with Gasteiger partial charge in [0.05, 0.1) is 0 Å². The zero-order chi connectivity index (χ0) is 10.4. The molecule has 0 aliphatic rings. The molecule has 1 heteroatoms. The van der Waals surface area contributed by atoms with E-state index in [0.717, 1.165) is 0 Å². The zero-order valence-corrected chi connectivity index (χ0v) is 9.81. The van der Waals surface area contributed by atoms with Crippen LogP contribution in [-0.2, 0) is 0 Å². The predicted octanol–water partition coefficient (Wildman–Crippen LogP) is 3.49. The Balaban J connectivity index is 4.42.